The summed E-state index contributed by atoms with van der Waals surface area (Å²) in [5.41, 5.74) is 0.0971. The van der Waals surface area contributed by atoms with Gasteiger partial charge in [0.1, 0.15) is 0 Å². The monoisotopic (exact) mass is 224 g/mol. The first-order valence-corrected chi connectivity index (χ1v) is 5.82. The minimum atomic E-state index is 0.0971. The lowest BCUT2D eigenvalue weighted by Crippen LogP contribution is -2.34. The van der Waals surface area contributed by atoms with Crippen molar-refractivity contribution in [2.75, 3.05) is 13.2 Å². The first-order valence-electron chi connectivity index (χ1n) is 5.82. The van der Waals surface area contributed by atoms with Crippen LogP contribution < -0.4 is 0 Å². The molecule has 1 saturated carbocycles. The number of rotatable bonds is 6. The Morgan fingerprint density at radius 1 is 1.25 bits per heavy atom. The lowest BCUT2D eigenvalue weighted by Gasteiger charge is -2.31. The summed E-state index contributed by atoms with van der Waals surface area (Å²) in [5, 5.41) is 0. The van der Waals surface area contributed by atoms with Gasteiger partial charge in [-0.1, -0.05) is 13.2 Å². The maximum atomic E-state index is 5.72. The summed E-state index contributed by atoms with van der Waals surface area (Å²) < 4.78 is 16.4. The highest BCUT2D eigenvalue weighted by Gasteiger charge is 2.58. The second-order valence-corrected chi connectivity index (χ2v) is 4.88. The number of hydrogen-bond donors (Lipinski definition) is 0. The van der Waals surface area contributed by atoms with Crippen LogP contribution in [0.3, 0.4) is 0 Å². The average molecular weight is 224 g/mol. The quantitative estimate of drug-likeness (QED) is 0.513. The molecule has 0 aromatic rings. The fraction of sp³-hybridized carbons (Fsp3) is 0.692. The third kappa shape index (κ3) is 2.24. The average Bonchev–Trinajstić information content (AvgIpc) is 2.93. The standard InChI is InChI=1S/C13H20O3/c1-4-14-8-10-6-12-13(3,16-12)7-11(10)9-15-5-2/h4-5,10-12H,1-2,6-9H2,3H3/t10?,11?,12-,13?/m0/s1. The van der Waals surface area contributed by atoms with E-state index in [0.717, 1.165) is 12.8 Å². The van der Waals surface area contributed by atoms with Crippen molar-refractivity contribution in [2.45, 2.75) is 31.5 Å². The van der Waals surface area contributed by atoms with Gasteiger partial charge in [-0.3, -0.25) is 0 Å². The second-order valence-electron chi connectivity index (χ2n) is 4.88. The van der Waals surface area contributed by atoms with Crippen molar-refractivity contribution in [3.05, 3.63) is 25.7 Å². The van der Waals surface area contributed by atoms with Crippen molar-refractivity contribution in [1.29, 1.82) is 0 Å². The molecule has 1 saturated heterocycles. The van der Waals surface area contributed by atoms with Crippen molar-refractivity contribution >= 4 is 0 Å². The van der Waals surface area contributed by atoms with E-state index in [0.29, 0.717) is 31.2 Å². The third-order valence-corrected chi connectivity index (χ3v) is 3.74. The van der Waals surface area contributed by atoms with Gasteiger partial charge >= 0.3 is 0 Å². The molecule has 0 amide bonds. The van der Waals surface area contributed by atoms with Crippen molar-refractivity contribution in [1.82, 2.24) is 0 Å². The Kier molecular flexibility index (Phi) is 3.24. The fourth-order valence-corrected chi connectivity index (χ4v) is 2.71. The van der Waals surface area contributed by atoms with E-state index in [-0.39, 0.29) is 5.60 Å². The molecule has 3 nitrogen and oxygen atoms in total. The third-order valence-electron chi connectivity index (χ3n) is 3.74. The van der Waals surface area contributed by atoms with Crippen molar-refractivity contribution < 1.29 is 14.2 Å². The zero-order chi connectivity index (χ0) is 11.6. The second kappa shape index (κ2) is 4.50. The molecule has 1 heterocycles. The highest BCUT2D eigenvalue weighted by atomic mass is 16.6. The van der Waals surface area contributed by atoms with Crippen molar-refractivity contribution in [3.8, 4) is 0 Å². The Bertz CT molecular complexity index is 276. The van der Waals surface area contributed by atoms with Gasteiger partial charge in [-0.25, -0.2) is 0 Å². The van der Waals surface area contributed by atoms with Gasteiger partial charge in [0.15, 0.2) is 0 Å². The van der Waals surface area contributed by atoms with E-state index < -0.39 is 0 Å². The summed E-state index contributed by atoms with van der Waals surface area (Å²) in [5.74, 6) is 0.986. The van der Waals surface area contributed by atoms with Gasteiger partial charge < -0.3 is 14.2 Å². The van der Waals surface area contributed by atoms with Gasteiger partial charge in [-0.2, -0.15) is 0 Å². The lowest BCUT2D eigenvalue weighted by atomic mass is 9.75. The van der Waals surface area contributed by atoms with Gasteiger partial charge in [0.25, 0.3) is 0 Å². The van der Waals surface area contributed by atoms with Crippen LogP contribution in [-0.4, -0.2) is 24.9 Å². The van der Waals surface area contributed by atoms with Crippen molar-refractivity contribution in [3.63, 3.8) is 0 Å². The van der Waals surface area contributed by atoms with Crippen LogP contribution in [0, 0.1) is 11.8 Å². The van der Waals surface area contributed by atoms with Gasteiger partial charge in [0.05, 0.1) is 37.4 Å². The molecule has 2 fully saturated rings. The van der Waals surface area contributed by atoms with E-state index >= 15 is 0 Å². The highest BCUT2D eigenvalue weighted by molar-refractivity contribution is 5.06. The lowest BCUT2D eigenvalue weighted by molar-refractivity contribution is 0.0713. The van der Waals surface area contributed by atoms with Crippen LogP contribution in [0.2, 0.25) is 0 Å². The maximum Gasteiger partial charge on any atom is 0.0924 e. The summed E-state index contributed by atoms with van der Waals surface area (Å²) in [6.07, 6.45) is 5.55. The molecule has 3 heteroatoms. The molecule has 0 spiro atoms. The normalized spacial score (nSPS) is 40.7. The Balaban J connectivity index is 1.91. The molecule has 4 atom stereocenters. The van der Waals surface area contributed by atoms with E-state index in [2.05, 4.69) is 20.1 Å². The summed E-state index contributed by atoms with van der Waals surface area (Å²) in [6, 6.07) is 0. The molecule has 16 heavy (non-hydrogen) atoms. The molecule has 1 aliphatic heterocycles. The minimum Gasteiger partial charge on any atom is -0.502 e. The van der Waals surface area contributed by atoms with E-state index in [1.54, 1.807) is 0 Å². The smallest absolute Gasteiger partial charge is 0.0924 e. The maximum absolute atomic E-state index is 5.72. The first-order chi connectivity index (χ1) is 7.69. The number of fused-ring (bicyclic) bond motifs is 1. The van der Waals surface area contributed by atoms with E-state index in [1.165, 1.54) is 12.5 Å². The van der Waals surface area contributed by atoms with Crippen LogP contribution in [-0.2, 0) is 14.2 Å². The molecule has 0 aromatic heterocycles. The topological polar surface area (TPSA) is 31.0 Å². The van der Waals surface area contributed by atoms with E-state index in [1.807, 2.05) is 0 Å². The molecule has 0 radical (unpaired) electrons. The Labute approximate surface area is 97.1 Å². The molecule has 0 aromatic carbocycles. The molecule has 1 aliphatic carbocycles. The summed E-state index contributed by atoms with van der Waals surface area (Å²) in [6.45, 7) is 10.8. The van der Waals surface area contributed by atoms with Crippen LogP contribution in [0.4, 0.5) is 0 Å². The number of ether oxygens (including phenoxy) is 3. The van der Waals surface area contributed by atoms with Crippen LogP contribution >= 0.6 is 0 Å². The molecule has 0 bridgehead atoms. The summed E-state index contributed by atoms with van der Waals surface area (Å²) >= 11 is 0. The van der Waals surface area contributed by atoms with Crippen LogP contribution in [0.15, 0.2) is 25.7 Å². The SMILES string of the molecule is C=COCC1C[C@@H]2OC2(C)CC1COC=C. The molecular formula is C13H20O3. The zero-order valence-corrected chi connectivity index (χ0v) is 9.85. The Hall–Kier alpha value is -0.960. The van der Waals surface area contributed by atoms with Gasteiger partial charge in [0.2, 0.25) is 0 Å². The van der Waals surface area contributed by atoms with Crippen LogP contribution in [0.25, 0.3) is 0 Å². The van der Waals surface area contributed by atoms with Gasteiger partial charge in [-0.05, 0) is 19.8 Å². The summed E-state index contributed by atoms with van der Waals surface area (Å²) in [7, 11) is 0. The zero-order valence-electron chi connectivity index (χ0n) is 9.85. The first kappa shape index (κ1) is 11.5. The predicted octanol–water partition coefficient (Wildman–Crippen LogP) is 2.49. The summed E-state index contributed by atoms with van der Waals surface area (Å²) in [4.78, 5) is 0. The predicted molar refractivity (Wildman–Crippen MR) is 61.8 cm³/mol. The Morgan fingerprint density at radius 3 is 2.50 bits per heavy atom. The molecule has 3 unspecified atom stereocenters. The fourth-order valence-electron chi connectivity index (χ4n) is 2.71. The molecule has 0 N–H and O–H groups in total. The van der Waals surface area contributed by atoms with E-state index in [4.69, 9.17) is 14.2 Å². The molecule has 90 valence electrons. The Morgan fingerprint density at radius 2 is 1.88 bits per heavy atom. The van der Waals surface area contributed by atoms with Crippen LogP contribution in [0.5, 0.6) is 0 Å². The minimum absolute atomic E-state index is 0.0971. The van der Waals surface area contributed by atoms with Gasteiger partial charge in [-0.15, -0.1) is 0 Å². The number of epoxide rings is 1. The highest BCUT2D eigenvalue weighted by Crippen LogP contribution is 2.51. The molecular weight excluding hydrogens is 204 g/mol. The van der Waals surface area contributed by atoms with E-state index in [9.17, 15) is 0 Å². The molecule has 2 aliphatic rings. The van der Waals surface area contributed by atoms with Gasteiger partial charge in [0, 0.05) is 11.8 Å². The molecule has 2 rings (SSSR count). The van der Waals surface area contributed by atoms with Crippen molar-refractivity contribution in [2.24, 2.45) is 11.8 Å². The number of hydrogen-bond acceptors (Lipinski definition) is 3. The van der Waals surface area contributed by atoms with Crippen LogP contribution in [0.1, 0.15) is 19.8 Å². The largest absolute Gasteiger partial charge is 0.502 e.